The van der Waals surface area contributed by atoms with Gasteiger partial charge in [0.05, 0.1) is 11.6 Å². The van der Waals surface area contributed by atoms with Crippen LogP contribution in [-0.4, -0.2) is 12.7 Å². The van der Waals surface area contributed by atoms with Crippen molar-refractivity contribution in [3.63, 3.8) is 0 Å². The van der Waals surface area contributed by atoms with E-state index in [2.05, 4.69) is 12.2 Å². The van der Waals surface area contributed by atoms with Crippen LogP contribution in [0.1, 0.15) is 26.2 Å². The Balaban J connectivity index is 2.11. The molecule has 0 aliphatic heterocycles. The second kappa shape index (κ2) is 6.43. The van der Waals surface area contributed by atoms with E-state index in [9.17, 15) is 4.79 Å². The Hall–Kier alpha value is -1.03. The molecule has 1 aromatic heterocycles. The first-order valence-electron chi connectivity index (χ1n) is 4.80. The lowest BCUT2D eigenvalue weighted by molar-refractivity contribution is 0.159. The average Bonchev–Trinajstić information content (AvgIpc) is 2.65. The zero-order valence-corrected chi connectivity index (χ0v) is 9.10. The number of nitrogens with one attached hydrogen (secondary N) is 1. The van der Waals surface area contributed by atoms with Crippen molar-refractivity contribution in [2.45, 2.75) is 26.2 Å². The van der Waals surface area contributed by atoms with Crippen molar-refractivity contribution in [3.8, 4) is 0 Å². The van der Waals surface area contributed by atoms with Gasteiger partial charge in [0.1, 0.15) is 0 Å². The number of carbonyl (C=O) groups is 1. The Kier molecular flexibility index (Phi) is 5.07. The first-order valence-corrected chi connectivity index (χ1v) is 5.68. The van der Waals surface area contributed by atoms with E-state index >= 15 is 0 Å². The number of anilines is 1. The van der Waals surface area contributed by atoms with E-state index < -0.39 is 0 Å². The maximum Gasteiger partial charge on any atom is 0.412 e. The number of rotatable bonds is 5. The molecule has 3 nitrogen and oxygen atoms in total. The fourth-order valence-electron chi connectivity index (χ4n) is 1.00. The van der Waals surface area contributed by atoms with Crippen molar-refractivity contribution in [1.82, 2.24) is 0 Å². The van der Waals surface area contributed by atoms with Crippen LogP contribution in [0.2, 0.25) is 0 Å². The van der Waals surface area contributed by atoms with E-state index in [1.54, 1.807) is 0 Å². The Labute approximate surface area is 88.1 Å². The van der Waals surface area contributed by atoms with Gasteiger partial charge in [0.25, 0.3) is 0 Å². The molecule has 1 N–H and O–H groups in total. The highest BCUT2D eigenvalue weighted by atomic mass is 32.1. The smallest absolute Gasteiger partial charge is 0.412 e. The van der Waals surface area contributed by atoms with Crippen molar-refractivity contribution in [1.29, 1.82) is 0 Å². The fourth-order valence-corrected chi connectivity index (χ4v) is 1.61. The first-order chi connectivity index (χ1) is 6.83. The number of unbranched alkanes of at least 4 members (excludes halogenated alkanes) is 2. The molecule has 4 heteroatoms. The molecule has 0 radical (unpaired) electrons. The van der Waals surface area contributed by atoms with Gasteiger partial charge in [0.15, 0.2) is 0 Å². The van der Waals surface area contributed by atoms with Crippen LogP contribution in [0.15, 0.2) is 17.5 Å². The van der Waals surface area contributed by atoms with E-state index in [1.165, 1.54) is 11.3 Å². The molecule has 1 amide bonds. The van der Waals surface area contributed by atoms with Crippen LogP contribution in [0.5, 0.6) is 0 Å². The molecule has 1 rings (SSSR count). The summed E-state index contributed by atoms with van der Waals surface area (Å²) in [6.07, 6.45) is 2.82. The highest BCUT2D eigenvalue weighted by Crippen LogP contribution is 2.14. The van der Waals surface area contributed by atoms with Crippen molar-refractivity contribution in [2.75, 3.05) is 11.9 Å². The van der Waals surface area contributed by atoms with Gasteiger partial charge < -0.3 is 4.74 Å². The number of thiophene rings is 1. The van der Waals surface area contributed by atoms with E-state index in [0.717, 1.165) is 24.3 Å². The van der Waals surface area contributed by atoms with E-state index in [4.69, 9.17) is 4.74 Å². The Bertz CT molecular complexity index is 259. The molecule has 0 aliphatic rings. The van der Waals surface area contributed by atoms with Crippen LogP contribution >= 0.6 is 11.3 Å². The monoisotopic (exact) mass is 213 g/mol. The summed E-state index contributed by atoms with van der Waals surface area (Å²) >= 11 is 1.48. The molecule has 14 heavy (non-hydrogen) atoms. The van der Waals surface area contributed by atoms with Gasteiger partial charge in [-0.15, -0.1) is 11.3 Å². The van der Waals surface area contributed by atoms with Crippen molar-refractivity contribution in [3.05, 3.63) is 17.5 Å². The molecule has 0 fully saturated rings. The van der Waals surface area contributed by atoms with Crippen LogP contribution in [0.4, 0.5) is 9.80 Å². The summed E-state index contributed by atoms with van der Waals surface area (Å²) in [5.41, 5.74) is 0. The molecule has 78 valence electrons. The van der Waals surface area contributed by atoms with Gasteiger partial charge in [-0.2, -0.15) is 0 Å². The van der Waals surface area contributed by atoms with Gasteiger partial charge >= 0.3 is 6.09 Å². The van der Waals surface area contributed by atoms with Crippen LogP contribution in [0.25, 0.3) is 0 Å². The average molecular weight is 213 g/mol. The molecule has 1 heterocycles. The number of hydrogen-bond acceptors (Lipinski definition) is 3. The van der Waals surface area contributed by atoms with E-state index in [0.29, 0.717) is 6.61 Å². The lowest BCUT2D eigenvalue weighted by Crippen LogP contribution is -2.13. The maximum absolute atomic E-state index is 11.1. The normalized spacial score (nSPS) is 9.79. The Morgan fingerprint density at radius 3 is 3.07 bits per heavy atom. The predicted molar refractivity (Wildman–Crippen MR) is 58.8 cm³/mol. The van der Waals surface area contributed by atoms with Gasteiger partial charge in [0.2, 0.25) is 0 Å². The summed E-state index contributed by atoms with van der Waals surface area (Å²) in [5, 5.41) is 5.39. The number of hydrogen-bond donors (Lipinski definition) is 1. The van der Waals surface area contributed by atoms with Crippen LogP contribution < -0.4 is 5.32 Å². The fraction of sp³-hybridized carbons (Fsp3) is 0.500. The highest BCUT2D eigenvalue weighted by molar-refractivity contribution is 7.14. The van der Waals surface area contributed by atoms with Crippen LogP contribution in [0, 0.1) is 0 Å². The van der Waals surface area contributed by atoms with Crippen molar-refractivity contribution >= 4 is 22.4 Å². The zero-order valence-electron chi connectivity index (χ0n) is 8.29. The Morgan fingerprint density at radius 1 is 1.57 bits per heavy atom. The summed E-state index contributed by atoms with van der Waals surface area (Å²) < 4.78 is 4.97. The predicted octanol–water partition coefficient (Wildman–Crippen LogP) is 3.49. The van der Waals surface area contributed by atoms with Crippen molar-refractivity contribution in [2.24, 2.45) is 0 Å². The second-order valence-corrected chi connectivity index (χ2v) is 3.89. The molecule has 0 spiro atoms. The van der Waals surface area contributed by atoms with Gasteiger partial charge in [-0.05, 0) is 23.9 Å². The summed E-state index contributed by atoms with van der Waals surface area (Å²) in [5.74, 6) is 0. The molecule has 1 aromatic rings. The number of ether oxygens (including phenoxy) is 1. The summed E-state index contributed by atoms with van der Waals surface area (Å²) in [4.78, 5) is 11.1. The van der Waals surface area contributed by atoms with Crippen LogP contribution in [-0.2, 0) is 4.74 Å². The summed E-state index contributed by atoms with van der Waals surface area (Å²) in [6.45, 7) is 2.62. The standard InChI is InChI=1S/C10H15NO2S/c1-2-3-4-7-13-10(12)11-9-6-5-8-14-9/h5-6,8H,2-4,7H2,1H3,(H,11,12). The summed E-state index contributed by atoms with van der Waals surface area (Å²) in [6, 6.07) is 3.73. The lowest BCUT2D eigenvalue weighted by atomic mass is 10.3. The minimum Gasteiger partial charge on any atom is -0.449 e. The second-order valence-electron chi connectivity index (χ2n) is 2.95. The molecule has 0 saturated carbocycles. The largest absolute Gasteiger partial charge is 0.449 e. The maximum atomic E-state index is 11.1. The quantitative estimate of drug-likeness (QED) is 0.760. The van der Waals surface area contributed by atoms with Gasteiger partial charge in [0, 0.05) is 0 Å². The molecule has 0 unspecified atom stereocenters. The topological polar surface area (TPSA) is 38.3 Å². The van der Waals surface area contributed by atoms with Gasteiger partial charge in [-0.25, -0.2) is 4.79 Å². The van der Waals surface area contributed by atoms with E-state index in [1.807, 2.05) is 17.5 Å². The van der Waals surface area contributed by atoms with Crippen molar-refractivity contribution < 1.29 is 9.53 Å². The third kappa shape index (κ3) is 4.28. The molecular formula is C10H15NO2S. The number of carbonyl (C=O) groups excluding carboxylic acids is 1. The molecule has 0 aliphatic carbocycles. The third-order valence-corrected chi connectivity index (χ3v) is 2.51. The Morgan fingerprint density at radius 2 is 2.43 bits per heavy atom. The molecule has 0 atom stereocenters. The minimum absolute atomic E-state index is 0.358. The molecule has 0 bridgehead atoms. The lowest BCUT2D eigenvalue weighted by Gasteiger charge is -2.04. The molecule has 0 aromatic carbocycles. The van der Waals surface area contributed by atoms with Crippen LogP contribution in [0.3, 0.4) is 0 Å². The van der Waals surface area contributed by atoms with Gasteiger partial charge in [-0.3, -0.25) is 5.32 Å². The van der Waals surface area contributed by atoms with E-state index in [-0.39, 0.29) is 6.09 Å². The SMILES string of the molecule is CCCCCOC(=O)Nc1cccs1. The zero-order chi connectivity index (χ0) is 10.2. The molecular weight excluding hydrogens is 198 g/mol. The summed E-state index contributed by atoms with van der Waals surface area (Å²) in [7, 11) is 0. The first kappa shape index (κ1) is 11.0. The highest BCUT2D eigenvalue weighted by Gasteiger charge is 2.02. The minimum atomic E-state index is -0.358. The van der Waals surface area contributed by atoms with Gasteiger partial charge in [-0.1, -0.05) is 19.8 Å². The molecule has 0 saturated heterocycles. The number of amides is 1. The third-order valence-electron chi connectivity index (χ3n) is 1.73.